The fourth-order valence-corrected chi connectivity index (χ4v) is 4.53. The van der Waals surface area contributed by atoms with Crippen LogP contribution in [0.5, 0.6) is 23.0 Å². The van der Waals surface area contributed by atoms with Gasteiger partial charge in [-0.15, -0.1) is 0 Å². The Bertz CT molecular complexity index is 1340. The van der Waals surface area contributed by atoms with Gasteiger partial charge in [-0.25, -0.2) is 0 Å². The molecule has 0 saturated carbocycles. The molecule has 0 radical (unpaired) electrons. The minimum Gasteiger partial charge on any atom is -0.507 e. The van der Waals surface area contributed by atoms with Crippen LogP contribution in [-0.2, 0) is 21.5 Å². The molecule has 8 heteroatoms. The Morgan fingerprint density at radius 3 is 2.47 bits per heavy atom. The standard InChI is InChI=1S/C26H25NO7/c1-12-22(30)20(14(3)28)24-21(23(12)31)26(4)18(34-24)10-16(29)19(25(26)32)13(2)27-11-15-8-6-7-9-17(15)33-5/h6-10,27,30-31H,11H2,1-5H3/b19-13+/t26-/m1/s1. The summed E-state index contributed by atoms with van der Waals surface area (Å²) in [6, 6.07) is 7.38. The van der Waals surface area contributed by atoms with Crippen molar-refractivity contribution in [1.29, 1.82) is 0 Å². The minimum absolute atomic E-state index is 0.00146. The lowest BCUT2D eigenvalue weighted by atomic mass is 9.70. The first-order valence-corrected chi connectivity index (χ1v) is 10.7. The van der Waals surface area contributed by atoms with Gasteiger partial charge in [0.15, 0.2) is 17.3 Å². The summed E-state index contributed by atoms with van der Waals surface area (Å²) >= 11 is 0. The first kappa shape index (κ1) is 23.1. The third kappa shape index (κ3) is 3.17. The van der Waals surface area contributed by atoms with Gasteiger partial charge in [0.25, 0.3) is 0 Å². The number of allylic oxidation sites excluding steroid dienone is 4. The van der Waals surface area contributed by atoms with Crippen LogP contribution in [0.2, 0.25) is 0 Å². The predicted molar refractivity (Wildman–Crippen MR) is 123 cm³/mol. The Kier molecular flexibility index (Phi) is 5.47. The van der Waals surface area contributed by atoms with Crippen molar-refractivity contribution in [3.05, 3.63) is 69.6 Å². The molecule has 176 valence electrons. The number of rotatable bonds is 5. The van der Waals surface area contributed by atoms with Crippen LogP contribution in [0.1, 0.15) is 47.8 Å². The molecule has 8 nitrogen and oxygen atoms in total. The highest BCUT2D eigenvalue weighted by Crippen LogP contribution is 2.57. The Hall–Kier alpha value is -4.07. The van der Waals surface area contributed by atoms with Gasteiger partial charge < -0.3 is 25.0 Å². The van der Waals surface area contributed by atoms with Crippen molar-refractivity contribution in [2.45, 2.75) is 39.7 Å². The van der Waals surface area contributed by atoms with Crippen molar-refractivity contribution in [2.75, 3.05) is 7.11 Å². The molecule has 4 rings (SSSR count). The molecule has 2 aromatic rings. The fraction of sp³-hybridized carbons (Fsp3) is 0.269. The maximum atomic E-state index is 13.8. The lowest BCUT2D eigenvalue weighted by Crippen LogP contribution is -2.41. The van der Waals surface area contributed by atoms with Crippen LogP contribution in [0.15, 0.2) is 47.4 Å². The normalized spacial score (nSPS) is 20.2. The third-order valence-corrected chi connectivity index (χ3v) is 6.50. The zero-order valence-corrected chi connectivity index (χ0v) is 19.5. The fourth-order valence-electron chi connectivity index (χ4n) is 4.53. The van der Waals surface area contributed by atoms with E-state index in [1.165, 1.54) is 26.8 Å². The monoisotopic (exact) mass is 463 g/mol. The number of ether oxygens (including phenoxy) is 2. The maximum absolute atomic E-state index is 13.8. The van der Waals surface area contributed by atoms with E-state index in [9.17, 15) is 24.6 Å². The van der Waals surface area contributed by atoms with E-state index in [2.05, 4.69) is 5.32 Å². The number of carbonyl (C=O) groups excluding carboxylic acids is 3. The molecule has 1 atom stereocenters. The highest BCUT2D eigenvalue weighted by molar-refractivity contribution is 6.31. The molecule has 2 aliphatic rings. The van der Waals surface area contributed by atoms with E-state index >= 15 is 0 Å². The van der Waals surface area contributed by atoms with Crippen molar-refractivity contribution in [3.63, 3.8) is 0 Å². The second-order valence-corrected chi connectivity index (χ2v) is 8.55. The van der Waals surface area contributed by atoms with Crippen molar-refractivity contribution in [3.8, 4) is 23.0 Å². The van der Waals surface area contributed by atoms with Gasteiger partial charge in [-0.05, 0) is 33.8 Å². The van der Waals surface area contributed by atoms with Crippen molar-refractivity contribution in [1.82, 2.24) is 5.32 Å². The number of phenols is 2. The van der Waals surface area contributed by atoms with Crippen LogP contribution in [0, 0.1) is 6.92 Å². The summed E-state index contributed by atoms with van der Waals surface area (Å²) < 4.78 is 11.1. The predicted octanol–water partition coefficient (Wildman–Crippen LogP) is 3.37. The van der Waals surface area contributed by atoms with E-state index in [1.807, 2.05) is 24.3 Å². The van der Waals surface area contributed by atoms with Crippen molar-refractivity contribution in [2.24, 2.45) is 0 Å². The molecule has 0 amide bonds. The molecule has 1 heterocycles. The van der Waals surface area contributed by atoms with Crippen LogP contribution in [0.25, 0.3) is 0 Å². The zero-order chi connectivity index (χ0) is 24.9. The van der Waals surface area contributed by atoms with Gasteiger partial charge in [-0.2, -0.15) is 0 Å². The lowest BCUT2D eigenvalue weighted by molar-refractivity contribution is -0.123. The minimum atomic E-state index is -1.54. The Balaban J connectivity index is 1.82. The molecule has 1 aliphatic heterocycles. The number of methoxy groups -OCH3 is 1. The first-order chi connectivity index (χ1) is 16.0. The second-order valence-electron chi connectivity index (χ2n) is 8.55. The number of hydrogen-bond donors (Lipinski definition) is 3. The van der Waals surface area contributed by atoms with E-state index in [4.69, 9.17) is 9.47 Å². The van der Waals surface area contributed by atoms with Gasteiger partial charge in [0, 0.05) is 29.4 Å². The summed E-state index contributed by atoms with van der Waals surface area (Å²) in [4.78, 5) is 39.0. The Labute approximate surface area is 196 Å². The maximum Gasteiger partial charge on any atom is 0.194 e. The van der Waals surface area contributed by atoms with Crippen LogP contribution in [0.4, 0.5) is 0 Å². The van der Waals surface area contributed by atoms with Gasteiger partial charge in [-0.1, -0.05) is 18.2 Å². The first-order valence-electron chi connectivity index (χ1n) is 10.7. The third-order valence-electron chi connectivity index (χ3n) is 6.50. The number of nitrogens with one attached hydrogen (secondary N) is 1. The second kappa shape index (κ2) is 8.06. The number of ketones is 3. The summed E-state index contributed by atoms with van der Waals surface area (Å²) in [6.45, 7) is 6.16. The van der Waals surface area contributed by atoms with Gasteiger partial charge in [0.1, 0.15) is 39.7 Å². The highest BCUT2D eigenvalue weighted by atomic mass is 16.5. The molecule has 3 N–H and O–H groups in total. The SMILES string of the molecule is COc1ccccc1CN/C(C)=C1\C(=O)C=C2Oc3c(C(C)=O)c(O)c(C)c(O)c3[C@]2(C)C1=O. The molecule has 1 aliphatic carbocycles. The number of phenolic OH excluding ortho intramolecular Hbond substituents is 2. The largest absolute Gasteiger partial charge is 0.507 e. The summed E-state index contributed by atoms with van der Waals surface area (Å²) in [6.07, 6.45) is 1.20. The molecule has 0 fully saturated rings. The number of benzene rings is 2. The molecular formula is C26H25NO7. The van der Waals surface area contributed by atoms with Gasteiger partial charge in [0.2, 0.25) is 0 Å². The number of fused-ring (bicyclic) bond motifs is 3. The van der Waals surface area contributed by atoms with Crippen LogP contribution < -0.4 is 14.8 Å². The molecule has 0 spiro atoms. The number of carbonyl (C=O) groups is 3. The highest BCUT2D eigenvalue weighted by Gasteiger charge is 2.56. The molecule has 0 saturated heterocycles. The van der Waals surface area contributed by atoms with Gasteiger partial charge >= 0.3 is 0 Å². The average Bonchev–Trinajstić information content (AvgIpc) is 3.09. The van der Waals surface area contributed by atoms with Crippen LogP contribution in [-0.4, -0.2) is 34.7 Å². The Morgan fingerprint density at radius 1 is 1.15 bits per heavy atom. The average molecular weight is 463 g/mol. The summed E-state index contributed by atoms with van der Waals surface area (Å²) in [7, 11) is 1.56. The smallest absolute Gasteiger partial charge is 0.194 e. The van der Waals surface area contributed by atoms with E-state index < -0.39 is 28.5 Å². The molecule has 0 unspecified atom stereocenters. The van der Waals surface area contributed by atoms with E-state index in [0.29, 0.717) is 18.0 Å². The molecule has 34 heavy (non-hydrogen) atoms. The molecule has 0 aromatic heterocycles. The Morgan fingerprint density at radius 2 is 1.82 bits per heavy atom. The van der Waals surface area contributed by atoms with Crippen LogP contribution in [0.3, 0.4) is 0 Å². The summed E-state index contributed by atoms with van der Waals surface area (Å²) in [5, 5.41) is 24.4. The quantitative estimate of drug-likeness (QED) is 0.351. The molecule has 2 aromatic carbocycles. The van der Waals surface area contributed by atoms with E-state index in [0.717, 1.165) is 5.56 Å². The molecule has 0 bridgehead atoms. The summed E-state index contributed by atoms with van der Waals surface area (Å²) in [5.41, 5.74) is -0.451. The van der Waals surface area contributed by atoms with Crippen LogP contribution >= 0.6 is 0 Å². The van der Waals surface area contributed by atoms with E-state index in [1.54, 1.807) is 14.0 Å². The van der Waals surface area contributed by atoms with E-state index in [-0.39, 0.29) is 39.5 Å². The summed E-state index contributed by atoms with van der Waals surface area (Å²) in [5.74, 6) is -1.85. The number of aromatic hydroxyl groups is 2. The van der Waals surface area contributed by atoms with Crippen molar-refractivity contribution >= 4 is 17.3 Å². The lowest BCUT2D eigenvalue weighted by Gasteiger charge is -2.29. The topological polar surface area (TPSA) is 122 Å². The number of hydrogen-bond acceptors (Lipinski definition) is 8. The van der Waals surface area contributed by atoms with Gasteiger partial charge in [-0.3, -0.25) is 14.4 Å². The zero-order valence-electron chi connectivity index (χ0n) is 19.5. The van der Waals surface area contributed by atoms with Gasteiger partial charge in [0.05, 0.1) is 18.2 Å². The number of Topliss-reactive ketones (excluding diaryl/α,β-unsaturated/α-hetero) is 2. The van der Waals surface area contributed by atoms with Crippen molar-refractivity contribution < 1.29 is 34.1 Å². The number of para-hydroxylation sites is 1. The molecular weight excluding hydrogens is 438 g/mol.